The third kappa shape index (κ3) is 2.44. The molecule has 0 saturated heterocycles. The number of furan rings is 1. The average molecular weight is 611 g/mol. The van der Waals surface area contributed by atoms with Gasteiger partial charge < -0.3 is 0 Å². The first-order valence-corrected chi connectivity index (χ1v) is 17.6. The number of nitrogens with zero attached hydrogens (tertiary/aromatic N) is 3. The average Bonchev–Trinajstić information content (AvgIpc) is 3.48. The van der Waals surface area contributed by atoms with Crippen molar-refractivity contribution in [3.05, 3.63) is 110 Å². The van der Waals surface area contributed by atoms with Crippen molar-refractivity contribution in [2.45, 2.75) is 37.2 Å². The first kappa shape index (κ1) is 22.4. The Bertz CT molecular complexity index is 1940. The molecule has 0 radical (unpaired) electrons. The summed E-state index contributed by atoms with van der Waals surface area (Å²) in [6.45, 7) is 6.80. The van der Waals surface area contributed by atoms with Crippen molar-refractivity contribution in [1.82, 2.24) is 4.98 Å². The molecule has 38 heavy (non-hydrogen) atoms. The molecule has 188 valence electrons. The van der Waals surface area contributed by atoms with Gasteiger partial charge in [-0.15, -0.1) is 0 Å². The van der Waals surface area contributed by atoms with Crippen LogP contribution in [0.1, 0.15) is 32.4 Å². The summed E-state index contributed by atoms with van der Waals surface area (Å²) < 4.78 is 15.0. The molecule has 0 aliphatic carbocycles. The standard InChI is InChI=1S/C33H29IN3O/c1-4-33(5-2)34(26-13-7-6-12-25(26)28-14-8-10-20-36(28)33)27-19-18-23-24-17-16-22(3)35-32(24)38-31(23)30(27)29-15-9-11-21-37(29)34/h6-21H,4-5H2,1-3H3/q+1. The molecule has 0 N–H and O–H groups in total. The van der Waals surface area contributed by atoms with Crippen molar-refractivity contribution >= 4 is 22.1 Å². The van der Waals surface area contributed by atoms with Crippen molar-refractivity contribution in [2.75, 3.05) is 0 Å². The summed E-state index contributed by atoms with van der Waals surface area (Å²) in [7, 11) is 0. The van der Waals surface area contributed by atoms with E-state index in [9.17, 15) is 0 Å². The normalized spacial score (nSPS) is 20.1. The second-order valence-corrected chi connectivity index (χ2v) is 18.6. The number of hydrogen-bond donors (Lipinski definition) is 0. The molecule has 0 saturated carbocycles. The van der Waals surface area contributed by atoms with Crippen molar-refractivity contribution in [2.24, 2.45) is 0 Å². The van der Waals surface area contributed by atoms with Crippen LogP contribution in [0.4, 0.5) is 0 Å². The molecule has 0 amide bonds. The second kappa shape index (κ2) is 7.73. The number of aryl methyl sites for hydroxylation is 1. The van der Waals surface area contributed by atoms with E-state index >= 15 is 0 Å². The molecule has 1 atom stereocenters. The number of halogens is 1. The molecule has 2 aromatic carbocycles. The molecule has 5 heteroatoms. The maximum absolute atomic E-state index is 6.66. The molecule has 8 rings (SSSR count). The summed E-state index contributed by atoms with van der Waals surface area (Å²) in [5, 5.41) is 2.24. The van der Waals surface area contributed by atoms with Crippen LogP contribution in [-0.4, -0.2) is 4.98 Å². The summed E-state index contributed by atoms with van der Waals surface area (Å²) >= 11 is -3.35. The Morgan fingerprint density at radius 1 is 0.763 bits per heavy atom. The number of hydrogen-bond acceptors (Lipinski definition) is 2. The topological polar surface area (TPSA) is 33.8 Å². The predicted molar refractivity (Wildman–Crippen MR) is 145 cm³/mol. The van der Waals surface area contributed by atoms with Crippen LogP contribution in [0.15, 0.2) is 102 Å². The van der Waals surface area contributed by atoms with Gasteiger partial charge in [0.25, 0.3) is 0 Å². The van der Waals surface area contributed by atoms with E-state index in [4.69, 9.17) is 9.40 Å². The fourth-order valence-electron chi connectivity index (χ4n) is 6.97. The Labute approximate surface area is 226 Å². The van der Waals surface area contributed by atoms with Crippen LogP contribution in [-0.2, 0) is 3.55 Å². The van der Waals surface area contributed by atoms with E-state index in [0.29, 0.717) is 0 Å². The number of pyridine rings is 3. The minimum atomic E-state index is -3.35. The maximum atomic E-state index is 6.66. The second-order valence-electron chi connectivity index (χ2n) is 10.2. The third-order valence-corrected chi connectivity index (χ3v) is 21.1. The van der Waals surface area contributed by atoms with E-state index in [1.165, 1.54) is 29.7 Å². The Kier molecular flexibility index (Phi) is 4.56. The van der Waals surface area contributed by atoms with Crippen LogP contribution in [0, 0.1) is 14.1 Å². The zero-order valence-corrected chi connectivity index (χ0v) is 23.9. The van der Waals surface area contributed by atoms with Crippen molar-refractivity contribution < 1.29 is 30.5 Å². The molecule has 4 nitrogen and oxygen atoms in total. The monoisotopic (exact) mass is 610 g/mol. The summed E-state index contributed by atoms with van der Waals surface area (Å²) in [6, 6.07) is 31.5. The molecule has 6 heterocycles. The molecule has 2 aliphatic rings. The molecule has 4 aromatic heterocycles. The van der Waals surface area contributed by atoms with E-state index in [0.717, 1.165) is 40.6 Å². The Hall–Kier alpha value is -3.58. The quantitative estimate of drug-likeness (QED) is 0.171. The van der Waals surface area contributed by atoms with E-state index in [1.807, 2.05) is 6.92 Å². The van der Waals surface area contributed by atoms with Gasteiger partial charge in [-0.25, -0.2) is 0 Å². The first-order valence-electron chi connectivity index (χ1n) is 13.4. The van der Waals surface area contributed by atoms with E-state index in [2.05, 4.69) is 119 Å². The first-order chi connectivity index (χ1) is 18.7. The van der Waals surface area contributed by atoms with Crippen LogP contribution in [0.25, 0.3) is 44.6 Å². The molecule has 2 aliphatic heterocycles. The number of benzene rings is 2. The molecule has 0 bridgehead atoms. The van der Waals surface area contributed by atoms with Crippen molar-refractivity contribution in [3.8, 4) is 22.5 Å². The zero-order chi connectivity index (χ0) is 25.6. The summed E-state index contributed by atoms with van der Waals surface area (Å²) in [5.41, 5.74) is 7.87. The molecular formula is C33H29IN3O+. The predicted octanol–water partition coefficient (Wildman–Crippen LogP) is 3.66. The van der Waals surface area contributed by atoms with Gasteiger partial charge >= 0.3 is 227 Å². The fraction of sp³-hybridized carbons (Fsp3) is 0.182. The van der Waals surface area contributed by atoms with E-state index in [-0.39, 0.29) is 3.55 Å². The van der Waals surface area contributed by atoms with E-state index < -0.39 is 18.7 Å². The molecule has 1 spiro atoms. The van der Waals surface area contributed by atoms with Gasteiger partial charge in [0.05, 0.1) is 0 Å². The van der Waals surface area contributed by atoms with Crippen molar-refractivity contribution in [1.29, 1.82) is 0 Å². The van der Waals surface area contributed by atoms with Crippen molar-refractivity contribution in [3.63, 3.8) is 0 Å². The van der Waals surface area contributed by atoms with Gasteiger partial charge in [0.2, 0.25) is 0 Å². The summed E-state index contributed by atoms with van der Waals surface area (Å²) in [6.07, 6.45) is 6.79. The van der Waals surface area contributed by atoms with Gasteiger partial charge in [-0.2, -0.15) is 0 Å². The van der Waals surface area contributed by atoms with Gasteiger partial charge in [0.1, 0.15) is 0 Å². The van der Waals surface area contributed by atoms with Crippen LogP contribution >= 0.6 is 0 Å². The summed E-state index contributed by atoms with van der Waals surface area (Å²) in [5.74, 6) is 0. The SMILES string of the molecule is CCC1(CC)[n+]2ccccc2-c2ccccc2[I-]12c1ccc3c(oc4nc(C)ccc43)c1-c1cccc[n+]12. The van der Waals surface area contributed by atoms with Gasteiger partial charge in [-0.3, -0.25) is 0 Å². The molecule has 0 fully saturated rings. The molecule has 1 unspecified atom stereocenters. The zero-order valence-electron chi connectivity index (χ0n) is 21.8. The van der Waals surface area contributed by atoms with Crippen LogP contribution < -0.4 is 26.1 Å². The fourth-order valence-corrected chi connectivity index (χ4v) is 21.1. The number of fused-ring (bicyclic) bond motifs is 13. The number of rotatable bonds is 2. The Morgan fingerprint density at radius 3 is 2.34 bits per heavy atom. The van der Waals surface area contributed by atoms with Gasteiger partial charge in [0.15, 0.2) is 0 Å². The van der Waals surface area contributed by atoms with Crippen LogP contribution in [0.3, 0.4) is 0 Å². The Balaban J connectivity index is 1.62. The summed E-state index contributed by atoms with van der Waals surface area (Å²) in [4.78, 5) is 4.76. The number of alkyl halides is 1. The van der Waals surface area contributed by atoms with E-state index in [1.54, 1.807) is 0 Å². The van der Waals surface area contributed by atoms with Crippen LogP contribution in [0.2, 0.25) is 0 Å². The Morgan fingerprint density at radius 2 is 1.50 bits per heavy atom. The molecular weight excluding hydrogens is 581 g/mol. The molecule has 6 aromatic rings. The number of aromatic nitrogens is 3. The van der Waals surface area contributed by atoms with Crippen LogP contribution in [0.5, 0.6) is 0 Å². The van der Waals surface area contributed by atoms with Gasteiger partial charge in [0, 0.05) is 0 Å². The van der Waals surface area contributed by atoms with Gasteiger partial charge in [-0.1, -0.05) is 0 Å². The minimum absolute atomic E-state index is 0.0576. The van der Waals surface area contributed by atoms with Gasteiger partial charge in [-0.05, 0) is 0 Å². The third-order valence-electron chi connectivity index (χ3n) is 8.56.